The number of ether oxygens (including phenoxy) is 3. The van der Waals surface area contributed by atoms with Gasteiger partial charge < -0.3 is 24.8 Å². The lowest BCUT2D eigenvalue weighted by atomic mass is 10.1. The second kappa shape index (κ2) is 22.3. The number of halogens is 2. The summed E-state index contributed by atoms with van der Waals surface area (Å²) >= 11 is 0. The van der Waals surface area contributed by atoms with Crippen LogP contribution in [0.1, 0.15) is 42.4 Å². The monoisotopic (exact) mass is 624 g/mol. The van der Waals surface area contributed by atoms with Gasteiger partial charge in [0.2, 0.25) is 0 Å². The number of unbranched alkanes of at least 4 members (excludes halogenated alkanes) is 3. The van der Waals surface area contributed by atoms with Crippen molar-refractivity contribution in [3.8, 4) is 17.2 Å². The molecule has 0 aliphatic heterocycles. The molecule has 4 rings (SSSR count). The largest absolute Gasteiger partial charge is 0.492 e. The maximum Gasteiger partial charge on any atom is 0.161 e. The van der Waals surface area contributed by atoms with Crippen LogP contribution in [0.2, 0.25) is 0 Å². The molecule has 5 nitrogen and oxygen atoms in total. The first-order valence-corrected chi connectivity index (χ1v) is 14.9. The third-order valence-electron chi connectivity index (χ3n) is 6.82. The molecule has 0 aliphatic rings. The number of para-hydroxylation sites is 1. The predicted molar refractivity (Wildman–Crippen MR) is 182 cm³/mol. The van der Waals surface area contributed by atoms with Crippen molar-refractivity contribution in [2.45, 2.75) is 45.3 Å². The fourth-order valence-corrected chi connectivity index (χ4v) is 4.50. The molecule has 0 spiro atoms. The van der Waals surface area contributed by atoms with Gasteiger partial charge in [0.25, 0.3) is 0 Å². The number of hydrogen-bond donors (Lipinski definition) is 2. The summed E-state index contributed by atoms with van der Waals surface area (Å²) in [7, 11) is 0. The molecule has 4 aromatic rings. The third-order valence-corrected chi connectivity index (χ3v) is 6.82. The van der Waals surface area contributed by atoms with Crippen molar-refractivity contribution < 1.29 is 14.2 Å². The Labute approximate surface area is 270 Å². The second-order valence-electron chi connectivity index (χ2n) is 10.2. The minimum atomic E-state index is 0. The summed E-state index contributed by atoms with van der Waals surface area (Å²) in [4.78, 5) is 0. The normalized spacial score (nSPS) is 10.3. The van der Waals surface area contributed by atoms with Crippen molar-refractivity contribution in [3.63, 3.8) is 0 Å². The van der Waals surface area contributed by atoms with Crippen molar-refractivity contribution in [3.05, 3.63) is 126 Å². The molecule has 0 unspecified atom stereocenters. The molecule has 43 heavy (non-hydrogen) atoms. The molecule has 0 atom stereocenters. The summed E-state index contributed by atoms with van der Waals surface area (Å²) in [6.07, 6.45) is 5.86. The summed E-state index contributed by atoms with van der Waals surface area (Å²) in [5.74, 6) is 2.51. The molecule has 0 heterocycles. The smallest absolute Gasteiger partial charge is 0.161 e. The van der Waals surface area contributed by atoms with E-state index in [1.165, 1.54) is 31.2 Å². The zero-order valence-electron chi connectivity index (χ0n) is 24.9. The molecule has 0 amide bonds. The molecule has 7 heteroatoms. The molecule has 0 fully saturated rings. The van der Waals surface area contributed by atoms with Crippen LogP contribution in [0.25, 0.3) is 0 Å². The average molecular weight is 626 g/mol. The van der Waals surface area contributed by atoms with Gasteiger partial charge in [-0.15, -0.1) is 24.8 Å². The molecule has 0 bridgehead atoms. The van der Waals surface area contributed by atoms with Gasteiger partial charge >= 0.3 is 0 Å². The SMILES string of the molecule is Cl.Cl.c1ccc(COc2ccc(CCNCCCCCCNCCOc3ccccc3)cc2OCc2ccccc2)cc1. The first-order valence-electron chi connectivity index (χ1n) is 14.9. The lowest BCUT2D eigenvalue weighted by Gasteiger charge is -2.15. The van der Waals surface area contributed by atoms with Crippen LogP contribution < -0.4 is 24.8 Å². The Balaban J connectivity index is 0.00000323. The summed E-state index contributed by atoms with van der Waals surface area (Å²) in [5.41, 5.74) is 3.52. The summed E-state index contributed by atoms with van der Waals surface area (Å²) in [5, 5.41) is 7.07. The standard InChI is InChI=1S/C36H44N2O3.2ClH/c1(2-13-24-38-26-27-39-34-18-10-5-11-19-34)12-23-37-25-22-31-20-21-35(40-29-32-14-6-3-7-15-32)36(28-31)41-30-33-16-8-4-9-17-33;;/h3-11,14-21,28,37-38H,1-2,12-13,22-27,29-30H2;2*1H. The average Bonchev–Trinajstić information content (AvgIpc) is 3.03. The lowest BCUT2D eigenvalue weighted by Crippen LogP contribution is -2.22. The van der Waals surface area contributed by atoms with E-state index in [-0.39, 0.29) is 24.8 Å². The van der Waals surface area contributed by atoms with Crippen LogP contribution in [0.4, 0.5) is 0 Å². The first kappa shape index (κ1) is 36.0. The highest BCUT2D eigenvalue weighted by Crippen LogP contribution is 2.30. The fourth-order valence-electron chi connectivity index (χ4n) is 4.50. The van der Waals surface area contributed by atoms with E-state index in [0.717, 1.165) is 61.0 Å². The van der Waals surface area contributed by atoms with Gasteiger partial charge in [0.1, 0.15) is 25.6 Å². The minimum Gasteiger partial charge on any atom is -0.492 e. The maximum absolute atomic E-state index is 6.23. The minimum absolute atomic E-state index is 0. The van der Waals surface area contributed by atoms with E-state index in [4.69, 9.17) is 14.2 Å². The van der Waals surface area contributed by atoms with E-state index in [9.17, 15) is 0 Å². The molecular weight excluding hydrogens is 579 g/mol. The van der Waals surface area contributed by atoms with Crippen LogP contribution >= 0.6 is 24.8 Å². The van der Waals surface area contributed by atoms with Gasteiger partial charge in [-0.2, -0.15) is 0 Å². The Morgan fingerprint density at radius 1 is 0.442 bits per heavy atom. The quantitative estimate of drug-likeness (QED) is 0.0974. The van der Waals surface area contributed by atoms with Crippen LogP contribution in [0.15, 0.2) is 109 Å². The van der Waals surface area contributed by atoms with Gasteiger partial charge in [0, 0.05) is 6.54 Å². The Kier molecular flexibility index (Phi) is 18.7. The van der Waals surface area contributed by atoms with E-state index in [1.54, 1.807) is 0 Å². The van der Waals surface area contributed by atoms with Gasteiger partial charge in [-0.25, -0.2) is 0 Å². The molecule has 2 N–H and O–H groups in total. The van der Waals surface area contributed by atoms with Crippen molar-refractivity contribution >= 4 is 24.8 Å². The van der Waals surface area contributed by atoms with Crippen molar-refractivity contribution in [2.24, 2.45) is 0 Å². The van der Waals surface area contributed by atoms with Crippen LogP contribution in [-0.4, -0.2) is 32.8 Å². The van der Waals surface area contributed by atoms with Crippen molar-refractivity contribution in [1.82, 2.24) is 10.6 Å². The first-order chi connectivity index (χ1) is 20.4. The topological polar surface area (TPSA) is 51.8 Å². The molecule has 0 saturated heterocycles. The van der Waals surface area contributed by atoms with Gasteiger partial charge in [0.15, 0.2) is 11.5 Å². The number of nitrogens with one attached hydrogen (secondary N) is 2. The molecule has 0 radical (unpaired) electrons. The van der Waals surface area contributed by atoms with Crippen molar-refractivity contribution in [1.29, 1.82) is 0 Å². The number of hydrogen-bond acceptors (Lipinski definition) is 5. The van der Waals surface area contributed by atoms with Gasteiger partial charge in [-0.3, -0.25) is 0 Å². The number of rotatable bonds is 20. The van der Waals surface area contributed by atoms with Gasteiger partial charge in [-0.05, 0) is 79.9 Å². The van der Waals surface area contributed by atoms with Gasteiger partial charge in [0.05, 0.1) is 0 Å². The zero-order chi connectivity index (χ0) is 28.2. The fraction of sp³-hybridized carbons (Fsp3) is 0.333. The Bertz CT molecular complexity index is 1230. The molecule has 232 valence electrons. The second-order valence-corrected chi connectivity index (χ2v) is 10.2. The van der Waals surface area contributed by atoms with E-state index >= 15 is 0 Å². The maximum atomic E-state index is 6.23. The number of benzene rings is 4. The van der Waals surface area contributed by atoms with Gasteiger partial charge in [-0.1, -0.05) is 97.8 Å². The van der Waals surface area contributed by atoms with Crippen LogP contribution in [-0.2, 0) is 19.6 Å². The zero-order valence-corrected chi connectivity index (χ0v) is 26.6. The molecule has 0 aromatic heterocycles. The van der Waals surface area contributed by atoms with E-state index in [0.29, 0.717) is 19.8 Å². The van der Waals surface area contributed by atoms with Crippen LogP contribution in [0, 0.1) is 0 Å². The Morgan fingerprint density at radius 2 is 0.977 bits per heavy atom. The lowest BCUT2D eigenvalue weighted by molar-refractivity contribution is 0.255. The van der Waals surface area contributed by atoms with Crippen LogP contribution in [0.3, 0.4) is 0 Å². The molecule has 4 aromatic carbocycles. The van der Waals surface area contributed by atoms with E-state index < -0.39 is 0 Å². The summed E-state index contributed by atoms with van der Waals surface area (Å²) in [6.45, 7) is 5.67. The third kappa shape index (κ3) is 14.7. The van der Waals surface area contributed by atoms with Crippen LogP contribution in [0.5, 0.6) is 17.2 Å². The molecule has 0 saturated carbocycles. The Morgan fingerprint density at radius 3 is 1.58 bits per heavy atom. The Hall–Kier alpha value is -3.22. The van der Waals surface area contributed by atoms with E-state index in [2.05, 4.69) is 47.0 Å². The highest BCUT2D eigenvalue weighted by Gasteiger charge is 2.08. The molecular formula is C36H46Cl2N2O3. The predicted octanol–water partition coefficient (Wildman–Crippen LogP) is 8.05. The van der Waals surface area contributed by atoms with Crippen molar-refractivity contribution in [2.75, 3.05) is 32.8 Å². The molecule has 0 aliphatic carbocycles. The highest BCUT2D eigenvalue weighted by atomic mass is 35.5. The highest BCUT2D eigenvalue weighted by molar-refractivity contribution is 5.85. The summed E-state index contributed by atoms with van der Waals surface area (Å²) in [6, 6.07) is 36.8. The van der Waals surface area contributed by atoms with E-state index in [1.807, 2.05) is 72.8 Å². The summed E-state index contributed by atoms with van der Waals surface area (Å²) < 4.78 is 18.1.